The van der Waals surface area contributed by atoms with Crippen LogP contribution in [-0.2, 0) is 9.53 Å². The summed E-state index contributed by atoms with van der Waals surface area (Å²) in [4.78, 5) is 34.4. The van der Waals surface area contributed by atoms with Crippen molar-refractivity contribution in [3.63, 3.8) is 0 Å². The van der Waals surface area contributed by atoms with Gasteiger partial charge in [0.05, 0.1) is 36.6 Å². The lowest BCUT2D eigenvalue weighted by atomic mass is 9.95. The number of anilines is 1. The molecule has 0 bridgehead atoms. The van der Waals surface area contributed by atoms with Gasteiger partial charge in [0.25, 0.3) is 5.56 Å². The van der Waals surface area contributed by atoms with Gasteiger partial charge in [0.1, 0.15) is 17.5 Å². The van der Waals surface area contributed by atoms with Crippen molar-refractivity contribution in [2.45, 2.75) is 33.7 Å². The van der Waals surface area contributed by atoms with Crippen molar-refractivity contribution < 1.29 is 19.0 Å². The number of rotatable bonds is 9. The molecular weight excluding hydrogens is 502 g/mol. The molecule has 0 radical (unpaired) electrons. The topological polar surface area (TPSA) is 82.4 Å². The van der Waals surface area contributed by atoms with Crippen LogP contribution >= 0.6 is 11.3 Å². The summed E-state index contributed by atoms with van der Waals surface area (Å²) in [6.45, 7) is 9.69. The van der Waals surface area contributed by atoms with E-state index < -0.39 is 12.0 Å². The van der Waals surface area contributed by atoms with E-state index in [1.807, 2.05) is 48.5 Å². The first-order valence-electron chi connectivity index (χ1n) is 12.6. The standard InChI is InChI=1S/C29H33N3O5S/c1-7-31(8-2)20-15-14-19(23(17-20)36-6)16-24-27(33)32-26(21-12-10-11-13-22(21)35-5)25(28(34)37-9-3)18(4)30-29(32)38-24/h10-17,26H,7-9H2,1-6H3/b24-16-. The van der Waals surface area contributed by atoms with E-state index in [2.05, 4.69) is 23.7 Å². The van der Waals surface area contributed by atoms with E-state index >= 15 is 0 Å². The molecular formula is C29H33N3O5S. The second-order valence-electron chi connectivity index (χ2n) is 8.64. The molecule has 1 aliphatic heterocycles. The van der Waals surface area contributed by atoms with Gasteiger partial charge in [-0.3, -0.25) is 9.36 Å². The quantitative estimate of drug-likeness (QED) is 0.389. The van der Waals surface area contributed by atoms with Crippen molar-refractivity contribution >= 4 is 29.1 Å². The lowest BCUT2D eigenvalue weighted by Crippen LogP contribution is -2.40. The Kier molecular flexibility index (Phi) is 8.36. The number of benzene rings is 2. The smallest absolute Gasteiger partial charge is 0.338 e. The predicted molar refractivity (Wildman–Crippen MR) is 150 cm³/mol. The number of nitrogens with zero attached hydrogens (tertiary/aromatic N) is 3. The van der Waals surface area contributed by atoms with Crippen LogP contribution in [0.5, 0.6) is 11.5 Å². The van der Waals surface area contributed by atoms with Crippen LogP contribution in [0.25, 0.3) is 6.08 Å². The highest BCUT2D eigenvalue weighted by atomic mass is 32.1. The Morgan fingerprint density at radius 2 is 1.79 bits per heavy atom. The molecule has 1 aliphatic rings. The van der Waals surface area contributed by atoms with Crippen LogP contribution in [0.2, 0.25) is 0 Å². The highest BCUT2D eigenvalue weighted by molar-refractivity contribution is 7.07. The minimum Gasteiger partial charge on any atom is -0.496 e. The van der Waals surface area contributed by atoms with E-state index in [9.17, 15) is 9.59 Å². The number of para-hydroxylation sites is 1. The average molecular weight is 536 g/mol. The summed E-state index contributed by atoms with van der Waals surface area (Å²) in [5.41, 5.74) is 3.08. The molecule has 3 aromatic rings. The Labute approximate surface area is 226 Å². The molecule has 9 heteroatoms. The van der Waals surface area contributed by atoms with Gasteiger partial charge in [-0.05, 0) is 52.0 Å². The Balaban J connectivity index is 1.93. The van der Waals surface area contributed by atoms with E-state index in [1.165, 1.54) is 11.3 Å². The third kappa shape index (κ3) is 4.98. The van der Waals surface area contributed by atoms with E-state index in [0.717, 1.165) is 24.3 Å². The Morgan fingerprint density at radius 1 is 1.08 bits per heavy atom. The fourth-order valence-corrected chi connectivity index (χ4v) is 5.76. The lowest BCUT2D eigenvalue weighted by Gasteiger charge is -2.25. The number of carbonyl (C=O) groups excluding carboxylic acids is 1. The SMILES string of the molecule is CCOC(=O)C1=C(C)N=c2s/c(=C\c3ccc(N(CC)CC)cc3OC)c(=O)n2C1c1ccccc1OC. The largest absolute Gasteiger partial charge is 0.496 e. The molecule has 38 heavy (non-hydrogen) atoms. The summed E-state index contributed by atoms with van der Waals surface area (Å²) in [5, 5.41) is 0. The number of ether oxygens (including phenoxy) is 3. The number of thiazole rings is 1. The Bertz CT molecular complexity index is 1550. The second kappa shape index (κ2) is 11.7. The number of hydrogen-bond donors (Lipinski definition) is 0. The van der Waals surface area contributed by atoms with Crippen LogP contribution in [0.4, 0.5) is 5.69 Å². The number of allylic oxidation sites excluding steroid dienone is 1. The summed E-state index contributed by atoms with van der Waals surface area (Å²) in [6, 6.07) is 12.6. The van der Waals surface area contributed by atoms with Crippen LogP contribution in [-0.4, -0.2) is 44.5 Å². The van der Waals surface area contributed by atoms with E-state index in [0.29, 0.717) is 37.7 Å². The van der Waals surface area contributed by atoms with Crippen LogP contribution in [0.1, 0.15) is 44.9 Å². The van der Waals surface area contributed by atoms with Gasteiger partial charge in [-0.15, -0.1) is 0 Å². The number of aromatic nitrogens is 1. The van der Waals surface area contributed by atoms with Gasteiger partial charge in [-0.2, -0.15) is 0 Å². The van der Waals surface area contributed by atoms with Crippen LogP contribution in [0, 0.1) is 0 Å². The van der Waals surface area contributed by atoms with Crippen molar-refractivity contribution in [3.05, 3.63) is 84.5 Å². The van der Waals surface area contributed by atoms with Crippen molar-refractivity contribution in [3.8, 4) is 11.5 Å². The maximum atomic E-state index is 13.9. The molecule has 200 valence electrons. The van der Waals surface area contributed by atoms with Gasteiger partial charge in [-0.1, -0.05) is 29.5 Å². The van der Waals surface area contributed by atoms with Crippen LogP contribution < -0.4 is 29.3 Å². The number of methoxy groups -OCH3 is 2. The Hall–Kier alpha value is -3.85. The van der Waals surface area contributed by atoms with E-state index in [1.54, 1.807) is 32.6 Å². The second-order valence-corrected chi connectivity index (χ2v) is 9.65. The highest BCUT2D eigenvalue weighted by Crippen LogP contribution is 2.35. The molecule has 0 spiro atoms. The first-order valence-corrected chi connectivity index (χ1v) is 13.5. The molecule has 1 unspecified atom stereocenters. The highest BCUT2D eigenvalue weighted by Gasteiger charge is 2.35. The van der Waals surface area contributed by atoms with Gasteiger partial charge in [0.2, 0.25) is 0 Å². The van der Waals surface area contributed by atoms with Gasteiger partial charge < -0.3 is 19.1 Å². The van der Waals surface area contributed by atoms with Crippen molar-refractivity contribution in [2.24, 2.45) is 4.99 Å². The molecule has 1 atom stereocenters. The normalized spacial score (nSPS) is 15.1. The third-order valence-corrected chi connectivity index (χ3v) is 7.57. The van der Waals surface area contributed by atoms with Crippen LogP contribution in [0.15, 0.2) is 63.5 Å². The van der Waals surface area contributed by atoms with Gasteiger partial charge >= 0.3 is 5.97 Å². The number of fused-ring (bicyclic) bond motifs is 1. The van der Waals surface area contributed by atoms with E-state index in [-0.39, 0.29) is 12.2 Å². The fraction of sp³-hybridized carbons (Fsp3) is 0.345. The third-order valence-electron chi connectivity index (χ3n) is 6.58. The van der Waals surface area contributed by atoms with Crippen LogP contribution in [0.3, 0.4) is 0 Å². The minimum atomic E-state index is -0.740. The molecule has 4 rings (SSSR count). The lowest BCUT2D eigenvalue weighted by molar-refractivity contribution is -0.139. The number of hydrogen-bond acceptors (Lipinski definition) is 8. The summed E-state index contributed by atoms with van der Waals surface area (Å²) >= 11 is 1.27. The van der Waals surface area contributed by atoms with E-state index in [4.69, 9.17) is 14.2 Å². The van der Waals surface area contributed by atoms with Gasteiger partial charge in [-0.25, -0.2) is 9.79 Å². The zero-order valence-corrected chi connectivity index (χ0v) is 23.4. The molecule has 0 amide bonds. The maximum absolute atomic E-state index is 13.9. The first-order chi connectivity index (χ1) is 18.4. The average Bonchev–Trinajstić information content (AvgIpc) is 3.23. The molecule has 1 aromatic heterocycles. The maximum Gasteiger partial charge on any atom is 0.338 e. The van der Waals surface area contributed by atoms with Crippen molar-refractivity contribution in [2.75, 3.05) is 38.8 Å². The number of esters is 1. The summed E-state index contributed by atoms with van der Waals surface area (Å²) < 4.78 is 18.7. The van der Waals surface area contributed by atoms with Crippen molar-refractivity contribution in [1.82, 2.24) is 4.57 Å². The summed E-state index contributed by atoms with van der Waals surface area (Å²) in [5.74, 6) is 0.731. The monoisotopic (exact) mass is 535 g/mol. The summed E-state index contributed by atoms with van der Waals surface area (Å²) in [7, 11) is 3.19. The minimum absolute atomic E-state index is 0.210. The zero-order chi connectivity index (χ0) is 27.4. The molecule has 0 N–H and O–H groups in total. The molecule has 2 heterocycles. The first kappa shape index (κ1) is 27.2. The molecule has 0 saturated carbocycles. The molecule has 0 fully saturated rings. The molecule has 2 aromatic carbocycles. The zero-order valence-electron chi connectivity index (χ0n) is 22.6. The summed E-state index contributed by atoms with van der Waals surface area (Å²) in [6.07, 6.45) is 1.82. The van der Waals surface area contributed by atoms with Gasteiger partial charge in [0, 0.05) is 36.0 Å². The molecule has 0 aliphatic carbocycles. The Morgan fingerprint density at radius 3 is 2.45 bits per heavy atom. The van der Waals surface area contributed by atoms with Crippen molar-refractivity contribution in [1.29, 1.82) is 0 Å². The number of carbonyl (C=O) groups is 1. The fourth-order valence-electron chi connectivity index (χ4n) is 4.72. The molecule has 0 saturated heterocycles. The van der Waals surface area contributed by atoms with Gasteiger partial charge in [0.15, 0.2) is 4.80 Å². The molecule has 8 nitrogen and oxygen atoms in total. The predicted octanol–water partition coefficient (Wildman–Crippen LogP) is 3.66.